The number of likely N-dealkylation sites (N-methyl/N-ethyl adjacent to an activating group) is 1. The van der Waals surface area contributed by atoms with E-state index in [9.17, 15) is 14.4 Å². The second kappa shape index (κ2) is 15.6. The molecule has 2 atom stereocenters. The zero-order valence-corrected chi connectivity index (χ0v) is 24.5. The van der Waals surface area contributed by atoms with Crippen LogP contribution in [0.3, 0.4) is 0 Å². The Morgan fingerprint density at radius 1 is 1.02 bits per heavy atom. The number of nitriles is 1. The molecular formula is C32H36N6O3S. The molecule has 0 radical (unpaired) electrons. The fourth-order valence-electron chi connectivity index (χ4n) is 4.77. The van der Waals surface area contributed by atoms with Crippen LogP contribution in [0.1, 0.15) is 27.9 Å². The van der Waals surface area contributed by atoms with E-state index in [2.05, 4.69) is 33.0 Å². The minimum atomic E-state index is -0.829. The predicted octanol–water partition coefficient (Wildman–Crippen LogP) is 4.10. The standard InChI is InChI=1S/C32H36N6O3S/c1-37(28-15-18-38(21-28)20-24-9-4-2-5-10-24)32(41)35-27-14-8-13-26(19-27)30(39)36-29(31(40)34-17-16-33)23-42-22-25-11-6-3-7-12-25/h2-14,19,28-29H,15,17-18,20-23H2,1H3,(H,34,40)(H,35,41)(H,36,39)/t28-,29+/m1/s1. The minimum absolute atomic E-state index is 0.0845. The smallest absolute Gasteiger partial charge is 0.321 e. The quantitative estimate of drug-likeness (QED) is 0.276. The summed E-state index contributed by atoms with van der Waals surface area (Å²) >= 11 is 1.52. The van der Waals surface area contributed by atoms with E-state index in [1.807, 2.05) is 54.6 Å². The van der Waals surface area contributed by atoms with Gasteiger partial charge < -0.3 is 20.9 Å². The Morgan fingerprint density at radius 3 is 2.45 bits per heavy atom. The van der Waals surface area contributed by atoms with Crippen molar-refractivity contribution in [1.29, 1.82) is 5.26 Å². The number of carbonyl (C=O) groups is 3. The number of nitrogens with zero attached hydrogens (tertiary/aromatic N) is 3. The van der Waals surface area contributed by atoms with Gasteiger partial charge in [0.2, 0.25) is 5.91 Å². The average Bonchev–Trinajstić information content (AvgIpc) is 3.48. The van der Waals surface area contributed by atoms with E-state index in [4.69, 9.17) is 5.26 Å². The number of hydrogen-bond acceptors (Lipinski definition) is 6. The maximum atomic E-state index is 13.1. The molecule has 0 aliphatic carbocycles. The molecule has 218 valence electrons. The third-order valence-electron chi connectivity index (χ3n) is 7.10. The Balaban J connectivity index is 1.32. The van der Waals surface area contributed by atoms with Crippen molar-refractivity contribution in [2.75, 3.05) is 37.8 Å². The van der Waals surface area contributed by atoms with Gasteiger partial charge in [-0.25, -0.2) is 4.79 Å². The molecule has 4 rings (SSSR count). The van der Waals surface area contributed by atoms with Gasteiger partial charge >= 0.3 is 6.03 Å². The number of nitrogens with one attached hydrogen (secondary N) is 3. The van der Waals surface area contributed by atoms with Gasteiger partial charge in [-0.05, 0) is 35.7 Å². The number of hydrogen-bond donors (Lipinski definition) is 3. The highest BCUT2D eigenvalue weighted by Crippen LogP contribution is 2.19. The van der Waals surface area contributed by atoms with E-state index < -0.39 is 17.9 Å². The van der Waals surface area contributed by atoms with Crippen LogP contribution in [-0.2, 0) is 17.1 Å². The molecule has 1 aliphatic rings. The third-order valence-corrected chi connectivity index (χ3v) is 8.21. The summed E-state index contributed by atoms with van der Waals surface area (Å²) in [7, 11) is 1.79. The number of anilines is 1. The van der Waals surface area contributed by atoms with Crippen LogP contribution < -0.4 is 16.0 Å². The zero-order valence-electron chi connectivity index (χ0n) is 23.7. The topological polar surface area (TPSA) is 118 Å². The summed E-state index contributed by atoms with van der Waals surface area (Å²) < 4.78 is 0. The Kier molecular flexibility index (Phi) is 11.4. The molecule has 0 bridgehead atoms. The maximum absolute atomic E-state index is 13.1. The molecule has 0 saturated carbocycles. The molecule has 0 unspecified atom stereocenters. The van der Waals surface area contributed by atoms with Crippen LogP contribution in [0.5, 0.6) is 0 Å². The SMILES string of the molecule is CN(C(=O)Nc1cccc(C(=O)N[C@@H](CSCc2ccccc2)C(=O)NCC#N)c1)[C@@H]1CCN(Cc2ccccc2)C1. The van der Waals surface area contributed by atoms with Gasteiger partial charge in [0, 0.05) is 55.5 Å². The second-order valence-corrected chi connectivity index (χ2v) is 11.2. The summed E-state index contributed by atoms with van der Waals surface area (Å²) in [5.74, 6) is 0.152. The first-order valence-electron chi connectivity index (χ1n) is 13.9. The molecule has 1 saturated heterocycles. The number of amides is 4. The van der Waals surface area contributed by atoms with E-state index in [0.29, 0.717) is 22.8 Å². The number of carbonyl (C=O) groups excluding carboxylic acids is 3. The van der Waals surface area contributed by atoms with E-state index >= 15 is 0 Å². The van der Waals surface area contributed by atoms with Crippen molar-refractivity contribution in [3.8, 4) is 6.07 Å². The molecule has 0 spiro atoms. The van der Waals surface area contributed by atoms with Crippen molar-refractivity contribution in [2.24, 2.45) is 0 Å². The molecule has 1 heterocycles. The van der Waals surface area contributed by atoms with Gasteiger partial charge in [0.25, 0.3) is 5.91 Å². The minimum Gasteiger partial charge on any atom is -0.341 e. The third kappa shape index (κ3) is 9.09. The van der Waals surface area contributed by atoms with Crippen molar-refractivity contribution in [3.05, 3.63) is 102 Å². The molecular weight excluding hydrogens is 548 g/mol. The lowest BCUT2D eigenvalue weighted by Crippen LogP contribution is -2.48. The Bertz CT molecular complexity index is 1380. The zero-order chi connectivity index (χ0) is 29.7. The van der Waals surface area contributed by atoms with Gasteiger partial charge in [-0.1, -0.05) is 66.7 Å². The van der Waals surface area contributed by atoms with E-state index in [0.717, 1.165) is 31.6 Å². The summed E-state index contributed by atoms with van der Waals surface area (Å²) in [6, 6.07) is 27.7. The normalized spacial score (nSPS) is 15.3. The predicted molar refractivity (Wildman–Crippen MR) is 166 cm³/mol. The molecule has 1 fully saturated rings. The highest BCUT2D eigenvalue weighted by Gasteiger charge is 2.28. The number of urea groups is 1. The van der Waals surface area contributed by atoms with E-state index in [-0.39, 0.29) is 18.6 Å². The molecule has 3 N–H and O–H groups in total. The van der Waals surface area contributed by atoms with E-state index in [1.165, 1.54) is 17.3 Å². The Labute approximate surface area is 251 Å². The molecule has 4 amide bonds. The Hall–Kier alpha value is -4.33. The van der Waals surface area contributed by atoms with E-state index in [1.54, 1.807) is 36.2 Å². The fraction of sp³-hybridized carbons (Fsp3) is 0.312. The lowest BCUT2D eigenvalue weighted by atomic mass is 10.1. The van der Waals surface area contributed by atoms with Crippen LogP contribution in [0.25, 0.3) is 0 Å². The highest BCUT2D eigenvalue weighted by molar-refractivity contribution is 7.98. The van der Waals surface area contributed by atoms with Crippen LogP contribution in [-0.4, -0.2) is 72.2 Å². The number of thioether (sulfide) groups is 1. The largest absolute Gasteiger partial charge is 0.341 e. The molecule has 0 aromatic heterocycles. The van der Waals surface area contributed by atoms with Gasteiger partial charge in [-0.15, -0.1) is 0 Å². The summed E-state index contributed by atoms with van der Waals surface area (Å²) in [5, 5.41) is 17.1. The van der Waals surface area contributed by atoms with Crippen LogP contribution in [0.15, 0.2) is 84.9 Å². The van der Waals surface area contributed by atoms with Crippen molar-refractivity contribution in [1.82, 2.24) is 20.4 Å². The average molecular weight is 585 g/mol. The van der Waals surface area contributed by atoms with Gasteiger partial charge in [0.05, 0.1) is 6.07 Å². The molecule has 9 nitrogen and oxygen atoms in total. The van der Waals surface area contributed by atoms with Crippen LogP contribution in [0, 0.1) is 11.3 Å². The van der Waals surface area contributed by atoms with Gasteiger partial charge in [0.15, 0.2) is 0 Å². The van der Waals surface area contributed by atoms with Gasteiger partial charge in [-0.3, -0.25) is 14.5 Å². The molecule has 1 aliphatic heterocycles. The second-order valence-electron chi connectivity index (χ2n) is 10.2. The molecule has 10 heteroatoms. The summed E-state index contributed by atoms with van der Waals surface area (Å²) in [4.78, 5) is 43.0. The summed E-state index contributed by atoms with van der Waals surface area (Å²) in [6.07, 6.45) is 0.886. The van der Waals surface area contributed by atoms with Crippen LogP contribution in [0.4, 0.5) is 10.5 Å². The first-order chi connectivity index (χ1) is 20.4. The number of benzene rings is 3. The van der Waals surface area contributed by atoms with Crippen molar-refractivity contribution >= 4 is 35.3 Å². The fourth-order valence-corrected chi connectivity index (χ4v) is 5.79. The van der Waals surface area contributed by atoms with Crippen molar-refractivity contribution < 1.29 is 14.4 Å². The molecule has 3 aromatic carbocycles. The maximum Gasteiger partial charge on any atom is 0.321 e. The number of rotatable bonds is 12. The van der Waals surface area contributed by atoms with Crippen molar-refractivity contribution in [2.45, 2.75) is 30.8 Å². The van der Waals surface area contributed by atoms with Crippen LogP contribution in [0.2, 0.25) is 0 Å². The van der Waals surface area contributed by atoms with Crippen LogP contribution >= 0.6 is 11.8 Å². The van der Waals surface area contributed by atoms with Crippen molar-refractivity contribution in [3.63, 3.8) is 0 Å². The highest BCUT2D eigenvalue weighted by atomic mass is 32.2. The summed E-state index contributed by atoms with van der Waals surface area (Å²) in [5.41, 5.74) is 3.17. The number of likely N-dealkylation sites (tertiary alicyclic amines) is 1. The lowest BCUT2D eigenvalue weighted by Gasteiger charge is -2.25. The van der Waals surface area contributed by atoms with Gasteiger partial charge in [-0.2, -0.15) is 17.0 Å². The molecule has 3 aromatic rings. The monoisotopic (exact) mass is 584 g/mol. The first-order valence-corrected chi connectivity index (χ1v) is 15.1. The summed E-state index contributed by atoms with van der Waals surface area (Å²) in [6.45, 7) is 2.41. The first kappa shape index (κ1) is 30.6. The Morgan fingerprint density at radius 2 is 1.74 bits per heavy atom. The lowest BCUT2D eigenvalue weighted by molar-refractivity contribution is -0.122. The van der Waals surface area contributed by atoms with Gasteiger partial charge in [0.1, 0.15) is 12.6 Å². The molecule has 42 heavy (non-hydrogen) atoms.